The van der Waals surface area contributed by atoms with Gasteiger partial charge >= 0.3 is 0 Å². The van der Waals surface area contributed by atoms with E-state index >= 15 is 0 Å². The van der Waals surface area contributed by atoms with Crippen molar-refractivity contribution in [3.05, 3.63) is 182 Å². The molecule has 1 nitrogen and oxygen atoms in total. The fourth-order valence-electron chi connectivity index (χ4n) is 6.94. The van der Waals surface area contributed by atoms with Crippen LogP contribution in [0.3, 0.4) is 0 Å². The highest BCUT2D eigenvalue weighted by atomic mass is 16.3. The maximum absolute atomic E-state index is 9.66. The molecule has 0 N–H and O–H groups in total. The van der Waals surface area contributed by atoms with Gasteiger partial charge in [-0.2, -0.15) is 0 Å². The molecule has 0 saturated heterocycles. The van der Waals surface area contributed by atoms with E-state index in [4.69, 9.17) is 14.0 Å². The molecule has 0 radical (unpaired) electrons. The van der Waals surface area contributed by atoms with Gasteiger partial charge in [0.25, 0.3) is 0 Å². The van der Waals surface area contributed by atoms with Crippen molar-refractivity contribution in [2.45, 2.75) is 0 Å². The lowest BCUT2D eigenvalue weighted by Gasteiger charge is -2.18. The van der Waals surface area contributed by atoms with Crippen LogP contribution in [0.4, 0.5) is 0 Å². The molecule has 0 spiro atoms. The summed E-state index contributed by atoms with van der Waals surface area (Å²) in [7, 11) is 0. The average molecular weight is 634 g/mol. The van der Waals surface area contributed by atoms with Gasteiger partial charge in [-0.05, 0) is 113 Å². The summed E-state index contributed by atoms with van der Waals surface area (Å²) in [6.07, 6.45) is 0. The molecule has 9 aromatic carbocycles. The van der Waals surface area contributed by atoms with E-state index in [1.165, 1.54) is 0 Å². The molecular formula is C48H30O. The minimum absolute atomic E-state index is 0.0842. The summed E-state index contributed by atoms with van der Waals surface area (Å²) in [5.74, 6) is 0. The van der Waals surface area contributed by atoms with Crippen LogP contribution in [-0.2, 0) is 0 Å². The van der Waals surface area contributed by atoms with E-state index < -0.39 is 59.5 Å². The minimum atomic E-state index is -0.658. The number of furan rings is 1. The van der Waals surface area contributed by atoms with Crippen LogP contribution in [0.15, 0.2) is 186 Å². The Balaban J connectivity index is 1.24. The smallest absolute Gasteiger partial charge is 0.136 e. The van der Waals surface area contributed by atoms with Crippen molar-refractivity contribution in [2.75, 3.05) is 0 Å². The van der Waals surface area contributed by atoms with Crippen molar-refractivity contribution >= 4 is 54.3 Å². The van der Waals surface area contributed by atoms with Gasteiger partial charge in [0.05, 0.1) is 15.1 Å². The van der Waals surface area contributed by atoms with Crippen LogP contribution in [0, 0.1) is 0 Å². The van der Waals surface area contributed by atoms with E-state index in [2.05, 4.69) is 48.5 Å². The van der Waals surface area contributed by atoms with Crippen molar-refractivity contribution in [1.29, 1.82) is 0 Å². The highest BCUT2D eigenvalue weighted by Gasteiger charge is 2.18. The van der Waals surface area contributed by atoms with Gasteiger partial charge in [0.15, 0.2) is 0 Å². The zero-order valence-corrected chi connectivity index (χ0v) is 25.9. The maximum Gasteiger partial charge on any atom is 0.136 e. The maximum atomic E-state index is 9.66. The quantitative estimate of drug-likeness (QED) is 0.176. The van der Waals surface area contributed by atoms with Crippen LogP contribution < -0.4 is 0 Å². The number of benzene rings is 9. The second-order valence-corrected chi connectivity index (χ2v) is 12.0. The van der Waals surface area contributed by atoms with Crippen LogP contribution >= 0.6 is 0 Å². The standard InChI is InChI=1S/C48H30O/c1-2-11-31(12-3-1)36-23-25-39-40-26-24-38(30-46(40)49-45(39)29-36)48-43-19-8-6-17-41(43)47(42-18-7-9-20-44(42)48)37-16-10-15-34(28-37)35-22-21-32-13-4-5-14-33(32)27-35/h1-30H/i1D,2D,3D,11D,12D,23D,24D,25D,26D,29D,30D. The summed E-state index contributed by atoms with van der Waals surface area (Å²) in [6.45, 7) is 0. The van der Waals surface area contributed by atoms with Crippen molar-refractivity contribution in [3.63, 3.8) is 0 Å². The lowest BCUT2D eigenvalue weighted by Crippen LogP contribution is -1.91. The van der Waals surface area contributed by atoms with Crippen molar-refractivity contribution in [1.82, 2.24) is 0 Å². The molecular weight excluding hydrogens is 593 g/mol. The predicted octanol–water partition coefficient (Wildman–Crippen LogP) is 13.7. The first-order chi connectivity index (χ1) is 28.9. The average Bonchev–Trinajstić information content (AvgIpc) is 3.69. The zero-order valence-electron chi connectivity index (χ0n) is 36.9. The van der Waals surface area contributed by atoms with E-state index in [0.717, 1.165) is 54.6 Å². The van der Waals surface area contributed by atoms with Crippen LogP contribution in [0.2, 0.25) is 0 Å². The summed E-state index contributed by atoms with van der Waals surface area (Å²) in [6, 6.07) is 32.8. The molecule has 10 rings (SSSR count). The van der Waals surface area contributed by atoms with E-state index in [-0.39, 0.29) is 45.6 Å². The van der Waals surface area contributed by atoms with Gasteiger partial charge in [0, 0.05) is 10.8 Å². The Morgan fingerprint density at radius 1 is 0.347 bits per heavy atom. The van der Waals surface area contributed by atoms with E-state index in [0.29, 0.717) is 5.56 Å². The summed E-state index contributed by atoms with van der Waals surface area (Å²) in [5, 5.41) is 5.27. The first kappa shape index (κ1) is 18.8. The molecule has 10 aromatic rings. The third-order valence-corrected chi connectivity index (χ3v) is 9.18. The Labute approximate surface area is 299 Å². The Morgan fingerprint density at radius 2 is 0.898 bits per heavy atom. The lowest BCUT2D eigenvalue weighted by atomic mass is 9.85. The van der Waals surface area contributed by atoms with E-state index in [1.807, 2.05) is 66.7 Å². The van der Waals surface area contributed by atoms with Gasteiger partial charge in [-0.15, -0.1) is 0 Å². The normalized spacial score (nSPS) is 14.8. The molecule has 49 heavy (non-hydrogen) atoms. The molecule has 0 unspecified atom stereocenters. The molecule has 228 valence electrons. The third kappa shape index (κ3) is 4.55. The molecule has 1 aromatic heterocycles. The lowest BCUT2D eigenvalue weighted by molar-refractivity contribution is 0.669. The van der Waals surface area contributed by atoms with Gasteiger partial charge < -0.3 is 4.42 Å². The number of fused-ring (bicyclic) bond motifs is 6. The van der Waals surface area contributed by atoms with Gasteiger partial charge in [0.2, 0.25) is 0 Å². The molecule has 0 saturated carbocycles. The predicted molar refractivity (Wildman–Crippen MR) is 208 cm³/mol. The summed E-state index contributed by atoms with van der Waals surface area (Å²) >= 11 is 0. The SMILES string of the molecule is [2H]c1c([2H])c([2H])c(-c2c([2H])c([2H])c3c(oc4c([2H])c(-c5c6ccccc6c(-c6cccc(-c7ccc8ccccc8c7)c6)c6ccccc56)c([2H])c([2H])c43)c2[2H])c([2H])c1[2H]. The summed E-state index contributed by atoms with van der Waals surface area (Å²) in [5.41, 5.74) is 3.43. The molecule has 0 aliphatic rings. The molecule has 1 heterocycles. The summed E-state index contributed by atoms with van der Waals surface area (Å²) in [4.78, 5) is 0. The van der Waals surface area contributed by atoms with E-state index in [9.17, 15) is 5.48 Å². The Hall–Kier alpha value is -6.44. The molecule has 0 aliphatic carbocycles. The molecule has 0 bridgehead atoms. The molecule has 0 aliphatic heterocycles. The first-order valence-corrected chi connectivity index (χ1v) is 15.9. The molecule has 0 amide bonds. The largest absolute Gasteiger partial charge is 0.456 e. The van der Waals surface area contributed by atoms with Crippen molar-refractivity contribution in [2.24, 2.45) is 0 Å². The number of hydrogen-bond acceptors (Lipinski definition) is 1. The van der Waals surface area contributed by atoms with Crippen molar-refractivity contribution < 1.29 is 19.5 Å². The fourth-order valence-corrected chi connectivity index (χ4v) is 6.94. The van der Waals surface area contributed by atoms with Gasteiger partial charge in [-0.1, -0.05) is 145 Å². The molecule has 1 heteroatoms. The Bertz CT molecular complexity index is 3430. The monoisotopic (exact) mass is 633 g/mol. The number of rotatable bonds is 4. The van der Waals surface area contributed by atoms with Gasteiger partial charge in [0.1, 0.15) is 11.2 Å². The van der Waals surface area contributed by atoms with Gasteiger partial charge in [-0.3, -0.25) is 0 Å². The van der Waals surface area contributed by atoms with Crippen LogP contribution in [-0.4, -0.2) is 0 Å². The van der Waals surface area contributed by atoms with Crippen LogP contribution in [0.25, 0.3) is 98.8 Å². The highest BCUT2D eigenvalue weighted by Crippen LogP contribution is 2.45. The Kier molecular flexibility index (Phi) is 4.25. The Morgan fingerprint density at radius 3 is 1.59 bits per heavy atom. The number of hydrogen-bond donors (Lipinski definition) is 0. The second kappa shape index (κ2) is 11.1. The zero-order chi connectivity index (χ0) is 41.9. The first-order valence-electron chi connectivity index (χ1n) is 21.4. The van der Waals surface area contributed by atoms with E-state index in [1.54, 1.807) is 0 Å². The second-order valence-electron chi connectivity index (χ2n) is 12.0. The third-order valence-electron chi connectivity index (χ3n) is 9.18. The van der Waals surface area contributed by atoms with Crippen LogP contribution in [0.5, 0.6) is 0 Å². The topological polar surface area (TPSA) is 13.1 Å². The van der Waals surface area contributed by atoms with Crippen molar-refractivity contribution in [3.8, 4) is 44.5 Å². The molecule has 0 atom stereocenters. The molecule has 0 fully saturated rings. The fraction of sp³-hybridized carbons (Fsp3) is 0. The minimum Gasteiger partial charge on any atom is -0.456 e. The summed E-state index contributed by atoms with van der Waals surface area (Å²) < 4.78 is 103. The van der Waals surface area contributed by atoms with Crippen LogP contribution in [0.1, 0.15) is 15.1 Å². The van der Waals surface area contributed by atoms with Gasteiger partial charge in [-0.25, -0.2) is 0 Å². The highest BCUT2D eigenvalue weighted by molar-refractivity contribution is 6.22.